The highest BCUT2D eigenvalue weighted by molar-refractivity contribution is 5.96. The van der Waals surface area contributed by atoms with Crippen molar-refractivity contribution in [3.63, 3.8) is 0 Å². The van der Waals surface area contributed by atoms with Gasteiger partial charge in [0.05, 0.1) is 19.9 Å². The summed E-state index contributed by atoms with van der Waals surface area (Å²) in [6.45, 7) is 7.18. The largest absolute Gasteiger partial charge is 0.497 e. The summed E-state index contributed by atoms with van der Waals surface area (Å²) in [5, 5.41) is 2.85. The van der Waals surface area contributed by atoms with E-state index < -0.39 is 48.2 Å². The minimum Gasteiger partial charge on any atom is -0.497 e. The maximum atomic E-state index is 13.1. The third-order valence-corrected chi connectivity index (χ3v) is 5.08. The number of carbonyl (C=O) groups is 1. The van der Waals surface area contributed by atoms with Gasteiger partial charge in [-0.2, -0.15) is 0 Å². The van der Waals surface area contributed by atoms with Gasteiger partial charge in [0.1, 0.15) is 29.8 Å². The molecule has 0 unspecified atom stereocenters. The van der Waals surface area contributed by atoms with Crippen LogP contribution in [0.1, 0.15) is 27.7 Å². The topological polar surface area (TPSA) is 93.7 Å². The Morgan fingerprint density at radius 2 is 1.59 bits per heavy atom. The van der Waals surface area contributed by atoms with Crippen LogP contribution in [0.4, 0.5) is 5.69 Å². The lowest BCUT2D eigenvalue weighted by molar-refractivity contribution is -0.229. The Bertz CT molecular complexity index is 795. The van der Waals surface area contributed by atoms with E-state index in [4.69, 9.17) is 33.2 Å². The van der Waals surface area contributed by atoms with E-state index in [2.05, 4.69) is 5.32 Å². The number of hydrogen-bond donors (Lipinski definition) is 1. The molecule has 29 heavy (non-hydrogen) atoms. The Morgan fingerprint density at radius 3 is 2.28 bits per heavy atom. The van der Waals surface area contributed by atoms with Crippen LogP contribution in [-0.2, 0) is 28.5 Å². The summed E-state index contributed by atoms with van der Waals surface area (Å²) in [6.07, 6.45) is -3.33. The number of carbonyl (C=O) groups excluding carboxylic acids is 1. The first-order valence-electron chi connectivity index (χ1n) is 9.52. The van der Waals surface area contributed by atoms with Crippen LogP contribution >= 0.6 is 0 Å². The summed E-state index contributed by atoms with van der Waals surface area (Å²) in [6, 6.07) is 5.12. The number of benzene rings is 1. The third-order valence-electron chi connectivity index (χ3n) is 5.08. The molecule has 9 heteroatoms. The van der Waals surface area contributed by atoms with Crippen molar-refractivity contribution in [1.29, 1.82) is 0 Å². The smallest absolute Gasteiger partial charge is 0.256 e. The van der Waals surface area contributed by atoms with Gasteiger partial charge in [-0.25, -0.2) is 0 Å². The van der Waals surface area contributed by atoms with Crippen LogP contribution in [0.5, 0.6) is 11.5 Å². The molecule has 0 aromatic heterocycles. The van der Waals surface area contributed by atoms with Gasteiger partial charge in [0.2, 0.25) is 0 Å². The number of rotatable bonds is 4. The van der Waals surface area contributed by atoms with Gasteiger partial charge in [-0.05, 0) is 39.8 Å². The van der Waals surface area contributed by atoms with E-state index in [0.717, 1.165) is 0 Å². The van der Waals surface area contributed by atoms with Crippen molar-refractivity contribution in [2.45, 2.75) is 70.0 Å². The van der Waals surface area contributed by atoms with Gasteiger partial charge in [0.25, 0.3) is 5.91 Å². The van der Waals surface area contributed by atoms with Crippen molar-refractivity contribution >= 4 is 11.6 Å². The lowest BCUT2D eigenvalue weighted by Gasteiger charge is -2.36. The Balaban J connectivity index is 1.58. The first kappa shape index (κ1) is 20.4. The molecular formula is C20H27NO8. The van der Waals surface area contributed by atoms with Crippen molar-refractivity contribution in [3.8, 4) is 11.5 Å². The average Bonchev–Trinajstić information content (AvgIpc) is 3.14. The predicted molar refractivity (Wildman–Crippen MR) is 101 cm³/mol. The molecule has 1 aromatic carbocycles. The van der Waals surface area contributed by atoms with E-state index in [-0.39, 0.29) is 0 Å². The van der Waals surface area contributed by atoms with Crippen molar-refractivity contribution in [1.82, 2.24) is 0 Å². The predicted octanol–water partition coefficient (Wildman–Crippen LogP) is 2.04. The molecule has 0 aliphatic carbocycles. The van der Waals surface area contributed by atoms with Gasteiger partial charge < -0.3 is 38.5 Å². The monoisotopic (exact) mass is 409 g/mol. The number of amides is 1. The molecule has 1 aromatic rings. The van der Waals surface area contributed by atoms with Crippen molar-refractivity contribution in [2.75, 3.05) is 19.5 Å². The van der Waals surface area contributed by atoms with Gasteiger partial charge in [0.15, 0.2) is 24.0 Å². The Hall–Kier alpha value is -1.91. The molecule has 3 aliphatic heterocycles. The third kappa shape index (κ3) is 3.80. The average molecular weight is 409 g/mol. The van der Waals surface area contributed by atoms with E-state index in [0.29, 0.717) is 17.2 Å². The lowest BCUT2D eigenvalue weighted by atomic mass is 9.98. The molecule has 3 fully saturated rings. The van der Waals surface area contributed by atoms with Crippen molar-refractivity contribution < 1.29 is 38.0 Å². The standard InChI is InChI=1S/C20H27NO8/c1-19(2)26-13-14(27-19)16-18(29-20(3,4)28-16)25-15(13)17(22)21-11-8-7-10(23-5)9-12(11)24-6/h7-9,13-16,18H,1-6H3,(H,21,22)/t13-,14+,15-,16+,18-/m0/s1. The number of ether oxygens (including phenoxy) is 7. The molecule has 0 radical (unpaired) electrons. The molecule has 160 valence electrons. The number of anilines is 1. The van der Waals surface area contributed by atoms with Crippen LogP contribution in [0.3, 0.4) is 0 Å². The lowest BCUT2D eigenvalue weighted by Crippen LogP contribution is -2.58. The molecule has 3 saturated heterocycles. The minimum atomic E-state index is -0.952. The van der Waals surface area contributed by atoms with E-state index in [1.54, 1.807) is 53.0 Å². The highest BCUT2D eigenvalue weighted by atomic mass is 16.9. The molecule has 0 bridgehead atoms. The number of methoxy groups -OCH3 is 2. The van der Waals surface area contributed by atoms with Crippen LogP contribution in [-0.4, -0.2) is 62.4 Å². The molecule has 3 heterocycles. The maximum Gasteiger partial charge on any atom is 0.256 e. The molecule has 4 rings (SSSR count). The van der Waals surface area contributed by atoms with Gasteiger partial charge in [-0.15, -0.1) is 0 Å². The Labute approximate surface area is 169 Å². The summed E-state index contributed by atoms with van der Waals surface area (Å²) >= 11 is 0. The van der Waals surface area contributed by atoms with Crippen LogP contribution < -0.4 is 14.8 Å². The fourth-order valence-corrected chi connectivity index (χ4v) is 3.93. The fraction of sp³-hybridized carbons (Fsp3) is 0.650. The Kier molecular flexibility index (Phi) is 4.99. The SMILES string of the molecule is COc1ccc(NC(=O)[C@H]2O[C@H]3OC(C)(C)O[C@@H]3[C@@H]3OC(C)(C)O[C@@H]32)c(OC)c1. The van der Waals surface area contributed by atoms with E-state index in [1.807, 2.05) is 0 Å². The fourth-order valence-electron chi connectivity index (χ4n) is 3.93. The molecule has 0 spiro atoms. The van der Waals surface area contributed by atoms with Gasteiger partial charge >= 0.3 is 0 Å². The molecule has 1 N–H and O–H groups in total. The number of nitrogens with one attached hydrogen (secondary N) is 1. The van der Waals surface area contributed by atoms with Gasteiger partial charge in [-0.3, -0.25) is 4.79 Å². The maximum absolute atomic E-state index is 13.1. The molecule has 0 saturated carbocycles. The summed E-state index contributed by atoms with van der Waals surface area (Å²) in [5.74, 6) is -1.03. The minimum absolute atomic E-state index is 0.392. The molecule has 9 nitrogen and oxygen atoms in total. The van der Waals surface area contributed by atoms with Crippen LogP contribution in [0.2, 0.25) is 0 Å². The summed E-state index contributed by atoms with van der Waals surface area (Å²) in [7, 11) is 3.08. The zero-order valence-corrected chi connectivity index (χ0v) is 17.4. The van der Waals surface area contributed by atoms with Gasteiger partial charge in [0, 0.05) is 6.07 Å². The zero-order valence-electron chi connectivity index (χ0n) is 17.4. The van der Waals surface area contributed by atoms with Crippen molar-refractivity contribution in [2.24, 2.45) is 0 Å². The number of fused-ring (bicyclic) bond motifs is 3. The summed E-state index contributed by atoms with van der Waals surface area (Å²) < 4.78 is 40.3. The highest BCUT2D eigenvalue weighted by Crippen LogP contribution is 2.44. The molecular weight excluding hydrogens is 382 g/mol. The van der Waals surface area contributed by atoms with E-state index in [9.17, 15) is 4.79 Å². The normalized spacial score (nSPS) is 34.2. The second kappa shape index (κ2) is 7.10. The van der Waals surface area contributed by atoms with E-state index >= 15 is 0 Å². The molecule has 3 aliphatic rings. The molecule has 1 amide bonds. The van der Waals surface area contributed by atoms with Crippen LogP contribution in [0.15, 0.2) is 18.2 Å². The zero-order chi connectivity index (χ0) is 21.0. The first-order chi connectivity index (χ1) is 13.6. The highest BCUT2D eigenvalue weighted by Gasteiger charge is 2.62. The second-order valence-corrected chi connectivity index (χ2v) is 8.15. The number of hydrogen-bond acceptors (Lipinski definition) is 8. The quantitative estimate of drug-likeness (QED) is 0.808. The summed E-state index contributed by atoms with van der Waals surface area (Å²) in [4.78, 5) is 13.1. The second-order valence-electron chi connectivity index (χ2n) is 8.15. The first-order valence-corrected chi connectivity index (χ1v) is 9.52. The Morgan fingerprint density at radius 1 is 0.931 bits per heavy atom. The van der Waals surface area contributed by atoms with Gasteiger partial charge in [-0.1, -0.05) is 0 Å². The van der Waals surface area contributed by atoms with E-state index in [1.165, 1.54) is 7.11 Å². The summed E-state index contributed by atoms with van der Waals surface area (Å²) in [5.41, 5.74) is 0.489. The van der Waals surface area contributed by atoms with Crippen LogP contribution in [0, 0.1) is 0 Å². The molecule has 5 atom stereocenters. The van der Waals surface area contributed by atoms with Crippen molar-refractivity contribution in [3.05, 3.63) is 18.2 Å². The van der Waals surface area contributed by atoms with Crippen LogP contribution in [0.25, 0.3) is 0 Å².